The molecule has 0 saturated heterocycles. The molecule has 1 aromatic heterocycles. The molecular weight excluding hydrogens is 292 g/mol. The average molecular weight is 309 g/mol. The van der Waals surface area contributed by atoms with Crippen LogP contribution in [0.4, 0.5) is 0 Å². The van der Waals surface area contributed by atoms with Crippen LogP contribution in [0.3, 0.4) is 0 Å². The van der Waals surface area contributed by atoms with Crippen molar-refractivity contribution in [2.24, 2.45) is 10.9 Å². The van der Waals surface area contributed by atoms with Crippen molar-refractivity contribution in [2.45, 2.75) is 12.5 Å². The van der Waals surface area contributed by atoms with Crippen LogP contribution in [0.5, 0.6) is 5.75 Å². The summed E-state index contributed by atoms with van der Waals surface area (Å²) in [6, 6.07) is 7.81. The minimum atomic E-state index is -0.0654. The van der Waals surface area contributed by atoms with Gasteiger partial charge in [-0.05, 0) is 12.1 Å². The number of nitrogens with two attached hydrogens (primary N) is 1. The van der Waals surface area contributed by atoms with Gasteiger partial charge in [0.1, 0.15) is 12.4 Å². The van der Waals surface area contributed by atoms with Gasteiger partial charge >= 0.3 is 0 Å². The highest BCUT2D eigenvalue weighted by Crippen LogP contribution is 2.23. The molecule has 0 amide bonds. The zero-order valence-corrected chi connectivity index (χ0v) is 12.2. The molecule has 3 rings (SSSR count). The van der Waals surface area contributed by atoms with E-state index in [-0.39, 0.29) is 18.5 Å². The maximum Gasteiger partial charge on any atom is 0.166 e. The molecule has 1 atom stereocenters. The summed E-state index contributed by atoms with van der Waals surface area (Å²) in [5.41, 5.74) is 7.35. The van der Waals surface area contributed by atoms with E-state index in [1.54, 1.807) is 12.5 Å². The topological polar surface area (TPSA) is 74.7 Å². The van der Waals surface area contributed by atoms with Crippen molar-refractivity contribution >= 4 is 18.1 Å². The Labute approximate surface area is 129 Å². The van der Waals surface area contributed by atoms with Crippen LogP contribution < -0.4 is 10.5 Å². The van der Waals surface area contributed by atoms with Gasteiger partial charge in [0.25, 0.3) is 0 Å². The molecule has 0 radical (unpaired) electrons. The number of halogens is 1. The fraction of sp³-hybridized carbons (Fsp3) is 0.286. The predicted molar refractivity (Wildman–Crippen MR) is 82.3 cm³/mol. The molecular formula is C14H17ClN4O2. The van der Waals surface area contributed by atoms with Crippen molar-refractivity contribution in [3.8, 4) is 11.4 Å². The third-order valence-electron chi connectivity index (χ3n) is 3.10. The summed E-state index contributed by atoms with van der Waals surface area (Å²) in [4.78, 5) is 9.32. The minimum absolute atomic E-state index is 0. The number of aromatic nitrogens is 2. The molecule has 1 aromatic carbocycles. The summed E-state index contributed by atoms with van der Waals surface area (Å²) in [6.07, 6.45) is 6.01. The van der Waals surface area contributed by atoms with E-state index in [0.29, 0.717) is 13.2 Å². The molecule has 1 unspecified atom stereocenters. The molecule has 1 aliphatic heterocycles. The molecule has 0 bridgehead atoms. The van der Waals surface area contributed by atoms with E-state index in [0.717, 1.165) is 23.6 Å². The van der Waals surface area contributed by atoms with Gasteiger partial charge in [0.2, 0.25) is 0 Å². The van der Waals surface area contributed by atoms with E-state index < -0.39 is 0 Å². The molecule has 6 nitrogen and oxygen atoms in total. The SMILES string of the molecule is Cl.NCC1=NOC(COc2ccccc2-n2ccnc2)C1. The first-order valence-electron chi connectivity index (χ1n) is 6.48. The van der Waals surface area contributed by atoms with Gasteiger partial charge in [0.05, 0.1) is 17.7 Å². The molecule has 21 heavy (non-hydrogen) atoms. The number of rotatable bonds is 5. The van der Waals surface area contributed by atoms with E-state index in [2.05, 4.69) is 10.1 Å². The lowest BCUT2D eigenvalue weighted by Crippen LogP contribution is -2.21. The lowest BCUT2D eigenvalue weighted by Gasteiger charge is -2.14. The number of ether oxygens (including phenoxy) is 1. The van der Waals surface area contributed by atoms with E-state index in [1.165, 1.54) is 0 Å². The van der Waals surface area contributed by atoms with Crippen molar-refractivity contribution in [3.05, 3.63) is 43.0 Å². The molecule has 0 fully saturated rings. The van der Waals surface area contributed by atoms with Gasteiger partial charge in [0.15, 0.2) is 6.10 Å². The second-order valence-electron chi connectivity index (χ2n) is 4.54. The smallest absolute Gasteiger partial charge is 0.166 e. The number of benzene rings is 1. The number of para-hydroxylation sites is 2. The lowest BCUT2D eigenvalue weighted by atomic mass is 10.2. The fourth-order valence-electron chi connectivity index (χ4n) is 2.07. The number of hydrogen-bond donors (Lipinski definition) is 1. The van der Waals surface area contributed by atoms with E-state index >= 15 is 0 Å². The van der Waals surface area contributed by atoms with Crippen LogP contribution >= 0.6 is 12.4 Å². The average Bonchev–Trinajstić information content (AvgIpc) is 3.17. The molecule has 2 aromatic rings. The third kappa shape index (κ3) is 3.53. The Kier molecular flexibility index (Phi) is 5.19. The van der Waals surface area contributed by atoms with Crippen LogP contribution in [0.2, 0.25) is 0 Å². The summed E-state index contributed by atoms with van der Waals surface area (Å²) in [7, 11) is 0. The molecule has 0 spiro atoms. The Hall–Kier alpha value is -2.05. The van der Waals surface area contributed by atoms with Crippen LogP contribution in [0.25, 0.3) is 5.69 Å². The van der Waals surface area contributed by atoms with Crippen molar-refractivity contribution in [1.82, 2.24) is 9.55 Å². The first-order valence-corrected chi connectivity index (χ1v) is 6.48. The molecule has 2 heterocycles. The zero-order valence-electron chi connectivity index (χ0n) is 11.4. The largest absolute Gasteiger partial charge is 0.487 e. The van der Waals surface area contributed by atoms with Crippen LogP contribution in [0.1, 0.15) is 6.42 Å². The Morgan fingerprint density at radius 3 is 2.95 bits per heavy atom. The van der Waals surface area contributed by atoms with Gasteiger partial charge in [-0.25, -0.2) is 4.98 Å². The number of oxime groups is 1. The summed E-state index contributed by atoms with van der Waals surface area (Å²) in [5.74, 6) is 0.787. The maximum atomic E-state index is 5.85. The molecule has 0 aliphatic carbocycles. The Morgan fingerprint density at radius 2 is 2.24 bits per heavy atom. The standard InChI is InChI=1S/C14H16N4O2.ClH/c15-8-11-7-12(20-17-11)9-19-14-4-2-1-3-13(14)18-6-5-16-10-18;/h1-6,10,12H,7-9,15H2;1H. The molecule has 112 valence electrons. The summed E-state index contributed by atoms with van der Waals surface area (Å²) in [6.45, 7) is 0.876. The van der Waals surface area contributed by atoms with Gasteiger partial charge in [-0.15, -0.1) is 12.4 Å². The quantitative estimate of drug-likeness (QED) is 0.913. The van der Waals surface area contributed by atoms with Gasteiger partial charge in [-0.1, -0.05) is 17.3 Å². The summed E-state index contributed by atoms with van der Waals surface area (Å²) < 4.78 is 7.76. The highest BCUT2D eigenvalue weighted by Gasteiger charge is 2.21. The van der Waals surface area contributed by atoms with Crippen LogP contribution in [-0.2, 0) is 4.84 Å². The summed E-state index contributed by atoms with van der Waals surface area (Å²) >= 11 is 0. The Bertz CT molecular complexity index is 601. The number of hydrogen-bond acceptors (Lipinski definition) is 5. The van der Waals surface area contributed by atoms with Gasteiger partial charge in [0, 0.05) is 25.4 Å². The zero-order chi connectivity index (χ0) is 13.8. The molecule has 7 heteroatoms. The number of nitrogens with zero attached hydrogens (tertiary/aromatic N) is 3. The normalized spacial score (nSPS) is 16.8. The predicted octanol–water partition coefficient (Wildman–Crippen LogP) is 1.78. The van der Waals surface area contributed by atoms with E-state index in [4.69, 9.17) is 15.3 Å². The second-order valence-corrected chi connectivity index (χ2v) is 4.54. The van der Waals surface area contributed by atoms with Gasteiger partial charge in [-0.2, -0.15) is 0 Å². The monoisotopic (exact) mass is 308 g/mol. The van der Waals surface area contributed by atoms with Crippen molar-refractivity contribution < 1.29 is 9.57 Å². The van der Waals surface area contributed by atoms with Crippen LogP contribution in [0, 0.1) is 0 Å². The first-order chi connectivity index (χ1) is 9.86. The summed E-state index contributed by atoms with van der Waals surface area (Å²) in [5, 5.41) is 3.92. The van der Waals surface area contributed by atoms with E-state index in [9.17, 15) is 0 Å². The highest BCUT2D eigenvalue weighted by molar-refractivity contribution is 5.87. The second kappa shape index (κ2) is 7.10. The van der Waals surface area contributed by atoms with E-state index in [1.807, 2.05) is 35.0 Å². The van der Waals surface area contributed by atoms with Gasteiger partial charge < -0.3 is 19.9 Å². The lowest BCUT2D eigenvalue weighted by molar-refractivity contribution is 0.0470. The Morgan fingerprint density at radius 1 is 1.38 bits per heavy atom. The maximum absolute atomic E-state index is 5.85. The minimum Gasteiger partial charge on any atom is -0.487 e. The number of imidazole rings is 1. The van der Waals surface area contributed by atoms with Crippen molar-refractivity contribution in [1.29, 1.82) is 0 Å². The molecule has 2 N–H and O–H groups in total. The fourth-order valence-corrected chi connectivity index (χ4v) is 2.07. The van der Waals surface area contributed by atoms with Crippen molar-refractivity contribution in [2.75, 3.05) is 13.2 Å². The molecule has 0 saturated carbocycles. The van der Waals surface area contributed by atoms with Crippen LogP contribution in [-0.4, -0.2) is 34.5 Å². The van der Waals surface area contributed by atoms with Gasteiger partial charge in [-0.3, -0.25) is 0 Å². The Balaban J connectivity index is 0.00000161. The highest BCUT2D eigenvalue weighted by atomic mass is 35.5. The van der Waals surface area contributed by atoms with Crippen LogP contribution in [0.15, 0.2) is 48.1 Å². The third-order valence-corrected chi connectivity index (χ3v) is 3.10. The molecule has 1 aliphatic rings. The first kappa shape index (κ1) is 15.3. The van der Waals surface area contributed by atoms with Crippen molar-refractivity contribution in [3.63, 3.8) is 0 Å².